The Bertz CT molecular complexity index is 452. The second kappa shape index (κ2) is 7.99. The summed E-state index contributed by atoms with van der Waals surface area (Å²) in [5.74, 6) is 2.54. The highest BCUT2D eigenvalue weighted by atomic mass is 32.2. The maximum Gasteiger partial charge on any atom is 0.275 e. The molecule has 0 spiro atoms. The molecular weight excluding hydrogens is 276 g/mol. The molecule has 0 saturated carbocycles. The fourth-order valence-corrected chi connectivity index (χ4v) is 2.41. The molecule has 0 radical (unpaired) electrons. The van der Waals surface area contributed by atoms with Gasteiger partial charge in [0.1, 0.15) is 5.75 Å². The lowest BCUT2D eigenvalue weighted by Crippen LogP contribution is -2.18. The number of rotatable bonds is 8. The molecule has 112 valence electrons. The summed E-state index contributed by atoms with van der Waals surface area (Å²) in [6.07, 6.45) is -0.0158. The van der Waals surface area contributed by atoms with Crippen LogP contribution in [0.4, 0.5) is 11.4 Å². The molecule has 1 aromatic rings. The third-order valence-electron chi connectivity index (χ3n) is 2.46. The number of thioether (sulfide) groups is 1. The number of benzene rings is 1. The topological polar surface area (TPSA) is 64.4 Å². The lowest BCUT2D eigenvalue weighted by Gasteiger charge is -2.16. The summed E-state index contributed by atoms with van der Waals surface area (Å²) >= 11 is 1.83. The van der Waals surface area contributed by atoms with Crippen molar-refractivity contribution >= 4 is 23.1 Å². The van der Waals surface area contributed by atoms with Gasteiger partial charge in [-0.2, -0.15) is 11.8 Å². The zero-order valence-corrected chi connectivity index (χ0v) is 13.2. The minimum Gasteiger partial charge on any atom is -0.491 e. The summed E-state index contributed by atoms with van der Waals surface area (Å²) in [5.41, 5.74) is 0.764. The summed E-state index contributed by atoms with van der Waals surface area (Å²) in [7, 11) is 0. The van der Waals surface area contributed by atoms with Gasteiger partial charge in [0.25, 0.3) is 5.69 Å². The van der Waals surface area contributed by atoms with Crippen LogP contribution in [-0.4, -0.2) is 28.6 Å². The first-order valence-corrected chi connectivity index (χ1v) is 7.88. The van der Waals surface area contributed by atoms with Crippen LogP contribution in [0.1, 0.15) is 27.7 Å². The van der Waals surface area contributed by atoms with Crippen molar-refractivity contribution in [3.63, 3.8) is 0 Å². The molecule has 0 aliphatic heterocycles. The van der Waals surface area contributed by atoms with Crippen molar-refractivity contribution in [2.24, 2.45) is 0 Å². The molecule has 0 amide bonds. The van der Waals surface area contributed by atoms with Crippen molar-refractivity contribution < 1.29 is 9.66 Å². The molecule has 0 heterocycles. The summed E-state index contributed by atoms with van der Waals surface area (Å²) in [5, 5.41) is 14.2. The summed E-state index contributed by atoms with van der Waals surface area (Å²) < 4.78 is 5.56. The first kappa shape index (κ1) is 16.6. The van der Waals surface area contributed by atoms with Crippen LogP contribution < -0.4 is 10.1 Å². The Hall–Kier alpha value is -1.43. The predicted octanol–water partition coefficient (Wildman–Crippen LogP) is 3.94. The van der Waals surface area contributed by atoms with Crippen LogP contribution >= 0.6 is 11.8 Å². The predicted molar refractivity (Wildman–Crippen MR) is 84.9 cm³/mol. The molecule has 6 heteroatoms. The lowest BCUT2D eigenvalue weighted by atomic mass is 10.2. The maximum atomic E-state index is 11.0. The smallest absolute Gasteiger partial charge is 0.275 e. The van der Waals surface area contributed by atoms with Gasteiger partial charge in [-0.1, -0.05) is 6.92 Å². The van der Waals surface area contributed by atoms with E-state index in [1.807, 2.05) is 25.6 Å². The Kier molecular flexibility index (Phi) is 6.64. The molecule has 1 atom stereocenters. The monoisotopic (exact) mass is 298 g/mol. The quantitative estimate of drug-likeness (QED) is 0.582. The van der Waals surface area contributed by atoms with Gasteiger partial charge in [-0.05, 0) is 26.5 Å². The standard InChI is InChI=1S/C14H22N2O3S/c1-5-20-9-11(4)15-12-6-13(16(17)18)8-14(7-12)19-10(2)3/h6-8,10-11,15H,5,9H2,1-4H3. The van der Waals surface area contributed by atoms with Gasteiger partial charge in [0.15, 0.2) is 0 Å². The van der Waals surface area contributed by atoms with Crippen LogP contribution in [0.5, 0.6) is 5.75 Å². The Labute approximate surface area is 124 Å². The van der Waals surface area contributed by atoms with Gasteiger partial charge in [-0.15, -0.1) is 0 Å². The maximum absolute atomic E-state index is 11.0. The van der Waals surface area contributed by atoms with Crippen molar-refractivity contribution in [3.8, 4) is 5.75 Å². The van der Waals surface area contributed by atoms with Gasteiger partial charge in [0, 0.05) is 29.6 Å². The van der Waals surface area contributed by atoms with E-state index in [4.69, 9.17) is 4.74 Å². The Morgan fingerprint density at radius 1 is 1.35 bits per heavy atom. The molecule has 0 aliphatic rings. The Balaban J connectivity index is 2.88. The minimum atomic E-state index is -0.399. The molecule has 1 unspecified atom stereocenters. The van der Waals surface area contributed by atoms with E-state index in [-0.39, 0.29) is 17.8 Å². The van der Waals surface area contributed by atoms with E-state index in [0.717, 1.165) is 17.2 Å². The van der Waals surface area contributed by atoms with Crippen LogP contribution in [0.2, 0.25) is 0 Å². The van der Waals surface area contributed by atoms with E-state index >= 15 is 0 Å². The summed E-state index contributed by atoms with van der Waals surface area (Å²) in [6, 6.07) is 5.05. The molecule has 1 N–H and O–H groups in total. The number of ether oxygens (including phenoxy) is 1. The van der Waals surface area contributed by atoms with Crippen LogP contribution in [0.25, 0.3) is 0 Å². The van der Waals surface area contributed by atoms with Gasteiger partial charge in [-0.3, -0.25) is 10.1 Å². The molecule has 0 aromatic heterocycles. The highest BCUT2D eigenvalue weighted by Gasteiger charge is 2.13. The number of non-ortho nitro benzene ring substituents is 1. The van der Waals surface area contributed by atoms with Gasteiger partial charge in [0.2, 0.25) is 0 Å². The van der Waals surface area contributed by atoms with Crippen LogP contribution in [-0.2, 0) is 0 Å². The molecule has 1 rings (SSSR count). The average molecular weight is 298 g/mol. The zero-order chi connectivity index (χ0) is 15.1. The van der Waals surface area contributed by atoms with Crippen molar-refractivity contribution in [2.75, 3.05) is 16.8 Å². The molecule has 20 heavy (non-hydrogen) atoms. The second-order valence-electron chi connectivity index (χ2n) is 4.84. The summed E-state index contributed by atoms with van der Waals surface area (Å²) in [4.78, 5) is 10.6. The van der Waals surface area contributed by atoms with E-state index < -0.39 is 4.92 Å². The molecule has 0 bridgehead atoms. The fraction of sp³-hybridized carbons (Fsp3) is 0.571. The van der Waals surface area contributed by atoms with Crippen molar-refractivity contribution in [1.29, 1.82) is 0 Å². The number of nitro benzene ring substituents is 1. The number of anilines is 1. The SMILES string of the molecule is CCSCC(C)Nc1cc(OC(C)C)cc([N+](=O)[O-])c1. The third-order valence-corrected chi connectivity index (χ3v) is 3.60. The largest absolute Gasteiger partial charge is 0.491 e. The van der Waals surface area contributed by atoms with Gasteiger partial charge in [0.05, 0.1) is 17.1 Å². The van der Waals surface area contributed by atoms with E-state index in [1.165, 1.54) is 6.07 Å². The fourth-order valence-electron chi connectivity index (χ4n) is 1.73. The average Bonchev–Trinajstić information content (AvgIpc) is 2.35. The molecule has 1 aromatic carbocycles. The first-order valence-electron chi connectivity index (χ1n) is 6.72. The number of nitrogens with zero attached hydrogens (tertiary/aromatic N) is 1. The van der Waals surface area contributed by atoms with Crippen molar-refractivity contribution in [1.82, 2.24) is 0 Å². The van der Waals surface area contributed by atoms with E-state index in [0.29, 0.717) is 5.75 Å². The highest BCUT2D eigenvalue weighted by Crippen LogP contribution is 2.27. The third kappa shape index (κ3) is 5.69. The molecule has 5 nitrogen and oxygen atoms in total. The minimum absolute atomic E-state index is 0.0158. The Morgan fingerprint density at radius 3 is 2.60 bits per heavy atom. The van der Waals surface area contributed by atoms with Crippen LogP contribution in [0.15, 0.2) is 18.2 Å². The molecular formula is C14H22N2O3S. The number of hydrogen-bond donors (Lipinski definition) is 1. The van der Waals surface area contributed by atoms with Gasteiger partial charge in [-0.25, -0.2) is 0 Å². The normalized spacial score (nSPS) is 12.2. The van der Waals surface area contributed by atoms with E-state index in [2.05, 4.69) is 19.2 Å². The van der Waals surface area contributed by atoms with Gasteiger partial charge >= 0.3 is 0 Å². The summed E-state index contributed by atoms with van der Waals surface area (Å²) in [6.45, 7) is 7.96. The second-order valence-corrected chi connectivity index (χ2v) is 6.16. The lowest BCUT2D eigenvalue weighted by molar-refractivity contribution is -0.384. The first-order chi connectivity index (χ1) is 9.42. The number of hydrogen-bond acceptors (Lipinski definition) is 5. The molecule has 0 fully saturated rings. The van der Waals surface area contributed by atoms with Crippen molar-refractivity contribution in [2.45, 2.75) is 39.8 Å². The molecule has 0 saturated heterocycles. The van der Waals surface area contributed by atoms with E-state index in [1.54, 1.807) is 12.1 Å². The van der Waals surface area contributed by atoms with Crippen LogP contribution in [0.3, 0.4) is 0 Å². The van der Waals surface area contributed by atoms with Gasteiger partial charge < -0.3 is 10.1 Å². The van der Waals surface area contributed by atoms with E-state index in [9.17, 15) is 10.1 Å². The highest BCUT2D eigenvalue weighted by molar-refractivity contribution is 7.99. The number of nitrogens with one attached hydrogen (secondary N) is 1. The van der Waals surface area contributed by atoms with Crippen molar-refractivity contribution in [3.05, 3.63) is 28.3 Å². The van der Waals surface area contributed by atoms with Crippen LogP contribution in [0, 0.1) is 10.1 Å². The zero-order valence-electron chi connectivity index (χ0n) is 12.4. The molecule has 0 aliphatic carbocycles. The Morgan fingerprint density at radius 2 is 2.05 bits per heavy atom. The number of nitro groups is 1.